The molecule has 0 aromatic heterocycles. The molecule has 0 radical (unpaired) electrons. The number of rotatable bonds is 3. The van der Waals surface area contributed by atoms with Crippen LogP contribution in [0.3, 0.4) is 0 Å². The van der Waals surface area contributed by atoms with Crippen LogP contribution in [-0.4, -0.2) is 47.4 Å². The molecule has 1 amide bonds. The van der Waals surface area contributed by atoms with E-state index in [-0.39, 0.29) is 18.0 Å². The number of nitrogens with two attached hydrogens (primary N) is 1. The Morgan fingerprint density at radius 3 is 2.48 bits per heavy atom. The normalized spacial score (nSPS) is 22.2. The number of carbonyl (C=O) groups excluding carboxylic acids is 1. The minimum atomic E-state index is -0.593. The molecule has 1 aromatic rings. The van der Waals surface area contributed by atoms with E-state index < -0.39 is 5.54 Å². The van der Waals surface area contributed by atoms with Gasteiger partial charge in [0.1, 0.15) is 0 Å². The number of hydrogen-bond donors (Lipinski definition) is 1. The summed E-state index contributed by atoms with van der Waals surface area (Å²) < 4.78 is 0. The van der Waals surface area contributed by atoms with Crippen molar-refractivity contribution in [3.63, 3.8) is 0 Å². The highest BCUT2D eigenvalue weighted by Gasteiger charge is 2.45. The second-order valence-corrected chi connectivity index (χ2v) is 6.71. The fraction of sp³-hybridized carbons (Fsp3) is 0.562. The minimum absolute atomic E-state index is 0.0775. The first kappa shape index (κ1) is 16.3. The number of nitrogens with zero attached hydrogens (tertiary/aromatic N) is 2. The zero-order valence-electron chi connectivity index (χ0n) is 13.1. The van der Waals surface area contributed by atoms with Crippen LogP contribution in [0.5, 0.6) is 0 Å². The Balaban J connectivity index is 2.44. The molecule has 1 saturated heterocycles. The van der Waals surface area contributed by atoms with Crippen LogP contribution in [0.1, 0.15) is 32.4 Å². The maximum atomic E-state index is 12.5. The molecule has 2 N–H and O–H groups in total. The Morgan fingerprint density at radius 2 is 1.90 bits per heavy atom. The fourth-order valence-electron chi connectivity index (χ4n) is 3.17. The highest BCUT2D eigenvalue weighted by molar-refractivity contribution is 6.31. The Bertz CT molecular complexity index is 530. The van der Waals surface area contributed by atoms with Crippen molar-refractivity contribution in [2.24, 2.45) is 5.73 Å². The first-order valence-corrected chi connectivity index (χ1v) is 7.67. The van der Waals surface area contributed by atoms with Gasteiger partial charge in [-0.1, -0.05) is 29.8 Å². The second kappa shape index (κ2) is 5.95. The molecule has 0 bridgehead atoms. The van der Waals surface area contributed by atoms with Gasteiger partial charge >= 0.3 is 0 Å². The van der Waals surface area contributed by atoms with Crippen LogP contribution in [0.25, 0.3) is 0 Å². The Hall–Kier alpha value is -1.10. The van der Waals surface area contributed by atoms with Crippen molar-refractivity contribution in [2.75, 3.05) is 20.1 Å². The highest BCUT2D eigenvalue weighted by atomic mass is 35.5. The molecular weight excluding hydrogens is 286 g/mol. The molecular formula is C16H24ClN3O. The molecule has 0 saturated carbocycles. The molecule has 1 fully saturated rings. The summed E-state index contributed by atoms with van der Waals surface area (Å²) in [6.45, 7) is 7.36. The Labute approximate surface area is 131 Å². The summed E-state index contributed by atoms with van der Waals surface area (Å²) in [5.74, 6) is 0.117. The van der Waals surface area contributed by atoms with Gasteiger partial charge in [0.2, 0.25) is 5.91 Å². The van der Waals surface area contributed by atoms with E-state index in [4.69, 9.17) is 17.3 Å². The van der Waals surface area contributed by atoms with Crippen LogP contribution in [0.2, 0.25) is 5.02 Å². The largest absolute Gasteiger partial charge is 0.343 e. The number of hydrogen-bond acceptors (Lipinski definition) is 3. The van der Waals surface area contributed by atoms with Crippen LogP contribution >= 0.6 is 11.6 Å². The lowest BCUT2D eigenvalue weighted by molar-refractivity contribution is -0.150. The highest BCUT2D eigenvalue weighted by Crippen LogP contribution is 2.36. The van der Waals surface area contributed by atoms with Crippen LogP contribution < -0.4 is 5.73 Å². The number of amides is 1. The average Bonchev–Trinajstić information content (AvgIpc) is 2.41. The monoisotopic (exact) mass is 309 g/mol. The van der Waals surface area contributed by atoms with E-state index in [1.807, 2.05) is 52.1 Å². The van der Waals surface area contributed by atoms with Gasteiger partial charge in [-0.25, -0.2) is 0 Å². The predicted molar refractivity (Wildman–Crippen MR) is 86.3 cm³/mol. The summed E-state index contributed by atoms with van der Waals surface area (Å²) in [7, 11) is 1.85. The molecule has 1 aliphatic rings. The number of benzene rings is 1. The third kappa shape index (κ3) is 2.93. The predicted octanol–water partition coefficient (Wildman–Crippen LogP) is 2.28. The summed E-state index contributed by atoms with van der Waals surface area (Å²) >= 11 is 6.36. The molecule has 1 heterocycles. The van der Waals surface area contributed by atoms with E-state index in [1.165, 1.54) is 0 Å². The lowest BCUT2D eigenvalue weighted by Gasteiger charge is -2.49. The van der Waals surface area contributed by atoms with Crippen molar-refractivity contribution in [3.05, 3.63) is 34.9 Å². The van der Waals surface area contributed by atoms with E-state index in [1.54, 1.807) is 4.90 Å². The van der Waals surface area contributed by atoms with Gasteiger partial charge in [0.15, 0.2) is 0 Å². The van der Waals surface area contributed by atoms with Gasteiger partial charge in [0, 0.05) is 31.2 Å². The van der Waals surface area contributed by atoms with Crippen molar-refractivity contribution in [1.29, 1.82) is 0 Å². The smallest absolute Gasteiger partial charge is 0.242 e. The molecule has 4 nitrogen and oxygen atoms in total. The van der Waals surface area contributed by atoms with E-state index in [2.05, 4.69) is 4.90 Å². The van der Waals surface area contributed by atoms with Crippen molar-refractivity contribution in [3.8, 4) is 0 Å². The molecule has 2 unspecified atom stereocenters. The molecule has 0 aliphatic carbocycles. The third-order valence-electron chi connectivity index (χ3n) is 4.32. The fourth-order valence-corrected chi connectivity index (χ4v) is 3.41. The lowest BCUT2D eigenvalue weighted by atomic mass is 9.90. The van der Waals surface area contributed by atoms with Crippen LogP contribution in [0.15, 0.2) is 24.3 Å². The minimum Gasteiger partial charge on any atom is -0.343 e. The zero-order valence-corrected chi connectivity index (χ0v) is 13.9. The van der Waals surface area contributed by atoms with Gasteiger partial charge < -0.3 is 10.6 Å². The first-order valence-electron chi connectivity index (χ1n) is 7.29. The third-order valence-corrected chi connectivity index (χ3v) is 4.67. The van der Waals surface area contributed by atoms with Gasteiger partial charge in [-0.3, -0.25) is 9.69 Å². The summed E-state index contributed by atoms with van der Waals surface area (Å²) in [5, 5.41) is 0.696. The molecule has 5 heteroatoms. The number of piperazine rings is 1. The van der Waals surface area contributed by atoms with Gasteiger partial charge in [0.25, 0.3) is 0 Å². The maximum absolute atomic E-state index is 12.5. The summed E-state index contributed by atoms with van der Waals surface area (Å²) in [6.07, 6.45) is 0. The molecule has 0 spiro atoms. The average molecular weight is 310 g/mol. The van der Waals surface area contributed by atoms with Crippen molar-refractivity contribution >= 4 is 17.5 Å². The van der Waals surface area contributed by atoms with Crippen molar-refractivity contribution in [1.82, 2.24) is 9.80 Å². The summed E-state index contributed by atoms with van der Waals surface area (Å²) in [6, 6.07) is 7.53. The second-order valence-electron chi connectivity index (χ2n) is 6.30. The summed E-state index contributed by atoms with van der Waals surface area (Å²) in [5.41, 5.74) is 6.64. The van der Waals surface area contributed by atoms with Crippen molar-refractivity contribution < 1.29 is 4.79 Å². The Kier molecular flexibility index (Phi) is 4.61. The molecule has 1 aromatic carbocycles. The number of carbonyl (C=O) groups is 1. The molecule has 116 valence electrons. The topological polar surface area (TPSA) is 49.6 Å². The van der Waals surface area contributed by atoms with Crippen LogP contribution in [0.4, 0.5) is 0 Å². The van der Waals surface area contributed by atoms with Crippen LogP contribution in [-0.2, 0) is 4.79 Å². The van der Waals surface area contributed by atoms with Gasteiger partial charge in [-0.15, -0.1) is 0 Å². The van der Waals surface area contributed by atoms with Gasteiger partial charge in [-0.05, 0) is 32.4 Å². The standard InChI is InChI=1S/C16H24ClN3O/c1-11(18)14(12-7-5-6-8-13(12)17)20-10-9-19(4)15(21)16(20,2)3/h5-8,11,14H,9-10,18H2,1-4H3. The van der Waals surface area contributed by atoms with E-state index >= 15 is 0 Å². The van der Waals surface area contributed by atoms with Gasteiger partial charge in [0.05, 0.1) is 11.6 Å². The lowest BCUT2D eigenvalue weighted by Crippen LogP contribution is -2.64. The van der Waals surface area contributed by atoms with Crippen molar-refractivity contribution in [2.45, 2.75) is 38.4 Å². The molecule has 21 heavy (non-hydrogen) atoms. The van der Waals surface area contributed by atoms with Crippen LogP contribution in [0, 0.1) is 0 Å². The SMILES string of the molecule is CC(N)C(c1ccccc1Cl)N1CCN(C)C(=O)C1(C)C. The van der Waals surface area contributed by atoms with E-state index in [9.17, 15) is 4.79 Å². The quantitative estimate of drug-likeness (QED) is 0.932. The van der Waals surface area contributed by atoms with E-state index in [0.29, 0.717) is 11.6 Å². The molecule has 2 rings (SSSR count). The van der Waals surface area contributed by atoms with E-state index in [0.717, 1.165) is 12.1 Å². The molecule has 2 atom stereocenters. The Morgan fingerprint density at radius 1 is 1.29 bits per heavy atom. The van der Waals surface area contributed by atoms with Gasteiger partial charge in [-0.2, -0.15) is 0 Å². The maximum Gasteiger partial charge on any atom is 0.242 e. The number of halogens is 1. The summed E-state index contributed by atoms with van der Waals surface area (Å²) in [4.78, 5) is 16.5. The first-order chi connectivity index (χ1) is 9.76. The zero-order chi connectivity index (χ0) is 15.8. The molecule has 1 aliphatic heterocycles. The number of likely N-dealkylation sites (N-methyl/N-ethyl adjacent to an activating group) is 1.